The number of nitrogens with zero attached hydrogens (tertiary/aromatic N) is 1. The third-order valence-electron chi connectivity index (χ3n) is 11.0. The summed E-state index contributed by atoms with van der Waals surface area (Å²) in [5, 5.41) is 13.7. The van der Waals surface area contributed by atoms with Crippen molar-refractivity contribution < 1.29 is 32.9 Å². The molecule has 0 heterocycles. The van der Waals surface area contributed by atoms with Crippen LogP contribution in [0.1, 0.15) is 194 Å². The summed E-state index contributed by atoms with van der Waals surface area (Å²) in [6.07, 6.45) is 68.9. The number of phosphoric acid groups is 1. The normalized spacial score (nSPS) is 15.0. The predicted octanol–water partition coefficient (Wildman–Crippen LogP) is 15.0. The Morgan fingerprint density at radius 3 is 1.41 bits per heavy atom. The first-order valence-electron chi connectivity index (χ1n) is 26.2. The first kappa shape index (κ1) is 63.2. The summed E-state index contributed by atoms with van der Waals surface area (Å²) in [6.45, 7) is 4.43. The smallest absolute Gasteiger partial charge is 0.268 e. The van der Waals surface area contributed by atoms with E-state index in [2.05, 4.69) is 116 Å². The van der Waals surface area contributed by atoms with Gasteiger partial charge in [-0.05, 0) is 89.9 Å². The Morgan fingerprint density at radius 2 is 0.939 bits per heavy atom. The Balaban J connectivity index is 4.04. The van der Waals surface area contributed by atoms with Crippen LogP contribution in [0.25, 0.3) is 0 Å². The fraction of sp³-hybridized carbons (Fsp3) is 0.667. The third kappa shape index (κ3) is 49.1. The highest BCUT2D eigenvalue weighted by Crippen LogP contribution is 2.38. The molecule has 0 radical (unpaired) electrons. The molecule has 3 atom stereocenters. The number of aliphatic hydroxyl groups is 1. The number of hydrogen-bond acceptors (Lipinski definition) is 6. The van der Waals surface area contributed by atoms with E-state index in [1.807, 2.05) is 27.2 Å². The largest absolute Gasteiger partial charge is 0.756 e. The van der Waals surface area contributed by atoms with Crippen LogP contribution in [-0.4, -0.2) is 68.5 Å². The van der Waals surface area contributed by atoms with Gasteiger partial charge in [-0.2, -0.15) is 0 Å². The predicted molar refractivity (Wildman–Crippen MR) is 283 cm³/mol. The van der Waals surface area contributed by atoms with Crippen LogP contribution in [0.5, 0.6) is 0 Å². The Bertz CT molecular complexity index is 1440. The molecule has 0 aromatic heterocycles. The standard InChI is InChI=1S/C57H99N2O6P/c1-6-8-10-12-14-16-17-18-19-20-21-22-23-24-25-26-27-28-29-30-31-32-33-34-35-36-37-38-39-40-41-43-45-47-49-51-57(61)58-55(54-65-66(62,63)64-53-52-59(3,4)5)56(60)50-48-46-44-42-15-13-11-9-7-2/h8,10,14-16,18-19,21-22,24-25,27-28,30-31,42,48,50,55-56,60H,6-7,9,11-13,17,20,23,26,29,32-41,43-47,49,51-54H2,1-5H3,(H-,58,61,62,63)/b10-8-,16-14-,19-18-,22-21-,25-24-,28-27-,31-30-,42-15+,50-48+. The Morgan fingerprint density at radius 1 is 0.545 bits per heavy atom. The number of likely N-dealkylation sites (N-methyl/N-ethyl adjacent to an activating group) is 1. The molecule has 0 fully saturated rings. The van der Waals surface area contributed by atoms with Crippen LogP contribution < -0.4 is 10.2 Å². The maximum Gasteiger partial charge on any atom is 0.268 e. The maximum absolute atomic E-state index is 12.9. The average molecular weight is 939 g/mol. The molecular weight excluding hydrogens is 840 g/mol. The van der Waals surface area contributed by atoms with Gasteiger partial charge in [0.05, 0.1) is 39.9 Å². The van der Waals surface area contributed by atoms with Gasteiger partial charge in [0.15, 0.2) is 0 Å². The summed E-state index contributed by atoms with van der Waals surface area (Å²) in [7, 11) is 1.23. The minimum Gasteiger partial charge on any atom is -0.756 e. The van der Waals surface area contributed by atoms with Crippen molar-refractivity contribution in [3.8, 4) is 0 Å². The highest BCUT2D eigenvalue weighted by atomic mass is 31.2. The molecule has 3 unspecified atom stereocenters. The highest BCUT2D eigenvalue weighted by Gasteiger charge is 2.23. The number of phosphoric ester groups is 1. The number of hydrogen-bond donors (Lipinski definition) is 2. The molecule has 1 amide bonds. The topological polar surface area (TPSA) is 108 Å². The summed E-state index contributed by atoms with van der Waals surface area (Å²) in [5.74, 6) is -0.217. The summed E-state index contributed by atoms with van der Waals surface area (Å²) in [6, 6.07) is -0.908. The van der Waals surface area contributed by atoms with E-state index in [0.717, 1.165) is 83.5 Å². The highest BCUT2D eigenvalue weighted by molar-refractivity contribution is 7.45. The molecule has 0 aromatic rings. The van der Waals surface area contributed by atoms with E-state index in [-0.39, 0.29) is 12.5 Å². The van der Waals surface area contributed by atoms with Gasteiger partial charge in [-0.3, -0.25) is 9.36 Å². The number of amides is 1. The molecule has 2 N–H and O–H groups in total. The first-order chi connectivity index (χ1) is 32.0. The quantitative estimate of drug-likeness (QED) is 0.0272. The van der Waals surface area contributed by atoms with Crippen LogP contribution in [0.15, 0.2) is 109 Å². The number of carbonyl (C=O) groups is 1. The molecule has 8 nitrogen and oxygen atoms in total. The Labute approximate surface area is 406 Å². The Kier molecular flexibility index (Phi) is 45.2. The van der Waals surface area contributed by atoms with Crippen molar-refractivity contribution in [2.45, 2.75) is 206 Å². The van der Waals surface area contributed by atoms with Gasteiger partial charge in [0.2, 0.25) is 5.91 Å². The molecule has 0 aliphatic rings. The van der Waals surface area contributed by atoms with Crippen molar-refractivity contribution >= 4 is 13.7 Å². The molecule has 9 heteroatoms. The van der Waals surface area contributed by atoms with E-state index in [1.165, 1.54) is 89.9 Å². The second kappa shape index (κ2) is 47.2. The lowest BCUT2D eigenvalue weighted by Crippen LogP contribution is -2.45. The van der Waals surface area contributed by atoms with Crippen molar-refractivity contribution in [1.82, 2.24) is 5.32 Å². The Hall–Kier alpha value is -2.84. The van der Waals surface area contributed by atoms with Crippen LogP contribution in [-0.2, 0) is 18.4 Å². The van der Waals surface area contributed by atoms with Crippen molar-refractivity contribution in [2.75, 3.05) is 40.9 Å². The molecule has 0 aliphatic heterocycles. The summed E-state index contributed by atoms with van der Waals surface area (Å²) in [5.41, 5.74) is 0. The minimum atomic E-state index is -4.60. The molecule has 66 heavy (non-hydrogen) atoms. The number of rotatable bonds is 46. The van der Waals surface area contributed by atoms with Crippen molar-refractivity contribution in [3.05, 3.63) is 109 Å². The van der Waals surface area contributed by atoms with Crippen molar-refractivity contribution in [3.63, 3.8) is 0 Å². The minimum absolute atomic E-state index is 0.0114. The van der Waals surface area contributed by atoms with Crippen molar-refractivity contribution in [2.24, 2.45) is 0 Å². The van der Waals surface area contributed by atoms with E-state index in [9.17, 15) is 19.4 Å². The molecule has 0 aliphatic carbocycles. The molecule has 378 valence electrons. The molecule has 0 bridgehead atoms. The number of aliphatic hydroxyl groups excluding tert-OH is 1. The second-order valence-electron chi connectivity index (χ2n) is 18.5. The number of unbranched alkanes of at least 4 members (excludes halogenated alkanes) is 17. The van der Waals surface area contributed by atoms with Gasteiger partial charge in [0, 0.05) is 6.42 Å². The van der Waals surface area contributed by atoms with Gasteiger partial charge in [0.25, 0.3) is 7.82 Å². The van der Waals surface area contributed by atoms with Crippen molar-refractivity contribution in [1.29, 1.82) is 0 Å². The third-order valence-corrected chi connectivity index (χ3v) is 11.9. The van der Waals surface area contributed by atoms with Crippen LogP contribution in [0.2, 0.25) is 0 Å². The van der Waals surface area contributed by atoms with Gasteiger partial charge in [0.1, 0.15) is 13.2 Å². The monoisotopic (exact) mass is 939 g/mol. The zero-order valence-corrected chi connectivity index (χ0v) is 43.7. The van der Waals surface area contributed by atoms with Crippen LogP contribution in [0.3, 0.4) is 0 Å². The SMILES string of the molecule is CC/C=C\C/C=C\C/C=C\C/C=C\C/C=C\C/C=C\C/C=C\CCCCCCCCCCCCCCCC(=O)NC(COP(=O)([O-])OCC[N+](C)(C)C)C(O)/C=C/CC/C=C/CCCCC. The van der Waals surface area contributed by atoms with E-state index in [0.29, 0.717) is 17.4 Å². The fourth-order valence-electron chi connectivity index (χ4n) is 6.85. The van der Waals surface area contributed by atoms with Crippen LogP contribution in [0.4, 0.5) is 0 Å². The zero-order chi connectivity index (χ0) is 48.5. The number of carbonyl (C=O) groups excluding carboxylic acids is 1. The lowest BCUT2D eigenvalue weighted by molar-refractivity contribution is -0.870. The second-order valence-corrected chi connectivity index (χ2v) is 19.9. The molecular formula is C57H99N2O6P. The number of allylic oxidation sites excluding steroid dienone is 17. The van der Waals surface area contributed by atoms with Gasteiger partial charge in [-0.15, -0.1) is 0 Å². The number of nitrogens with one attached hydrogen (secondary N) is 1. The molecule has 0 spiro atoms. The molecule has 0 rings (SSSR count). The molecule has 0 aromatic carbocycles. The lowest BCUT2D eigenvalue weighted by atomic mass is 10.0. The fourth-order valence-corrected chi connectivity index (χ4v) is 7.58. The van der Waals surface area contributed by atoms with E-state index >= 15 is 0 Å². The van der Waals surface area contributed by atoms with Gasteiger partial charge in [-0.1, -0.05) is 207 Å². The van der Waals surface area contributed by atoms with E-state index < -0.39 is 26.6 Å². The zero-order valence-electron chi connectivity index (χ0n) is 42.9. The van der Waals surface area contributed by atoms with Gasteiger partial charge < -0.3 is 28.8 Å². The first-order valence-corrected chi connectivity index (χ1v) is 27.7. The van der Waals surface area contributed by atoms with Gasteiger partial charge >= 0.3 is 0 Å². The summed E-state index contributed by atoms with van der Waals surface area (Å²) < 4.78 is 23.2. The summed E-state index contributed by atoms with van der Waals surface area (Å²) in [4.78, 5) is 25.3. The van der Waals surface area contributed by atoms with E-state index in [4.69, 9.17) is 9.05 Å². The van der Waals surface area contributed by atoms with Crippen LogP contribution in [0, 0.1) is 0 Å². The summed E-state index contributed by atoms with van der Waals surface area (Å²) >= 11 is 0. The molecule has 0 saturated carbocycles. The maximum atomic E-state index is 12.9. The van der Waals surface area contributed by atoms with E-state index in [1.54, 1.807) is 6.08 Å². The van der Waals surface area contributed by atoms with Gasteiger partial charge in [-0.25, -0.2) is 0 Å². The molecule has 0 saturated heterocycles. The lowest BCUT2D eigenvalue weighted by Gasteiger charge is -2.29. The van der Waals surface area contributed by atoms with Crippen LogP contribution >= 0.6 is 7.82 Å². The number of quaternary nitrogens is 1. The average Bonchev–Trinajstić information content (AvgIpc) is 3.28.